The van der Waals surface area contributed by atoms with Gasteiger partial charge in [0.25, 0.3) is 0 Å². The van der Waals surface area contributed by atoms with Crippen molar-refractivity contribution in [2.24, 2.45) is 0 Å². The van der Waals surface area contributed by atoms with Crippen molar-refractivity contribution in [1.29, 1.82) is 0 Å². The van der Waals surface area contributed by atoms with Crippen molar-refractivity contribution in [3.8, 4) is 0 Å². The SMILES string of the molecule is CC/C=C/CC(=O)NCCN(C)CCCCCCCCCO. The molecule has 0 aromatic rings. The van der Waals surface area contributed by atoms with Crippen LogP contribution in [0.25, 0.3) is 0 Å². The van der Waals surface area contributed by atoms with Gasteiger partial charge in [-0.2, -0.15) is 0 Å². The lowest BCUT2D eigenvalue weighted by atomic mass is 10.1. The number of allylic oxidation sites excluding steroid dienone is 1. The second kappa shape index (κ2) is 16.5. The summed E-state index contributed by atoms with van der Waals surface area (Å²) in [6.45, 7) is 5.15. The molecule has 0 heterocycles. The Balaban J connectivity index is 3.34. The van der Waals surface area contributed by atoms with Crippen LogP contribution in [0.4, 0.5) is 0 Å². The molecule has 0 atom stereocenters. The first-order valence-electron chi connectivity index (χ1n) is 8.91. The van der Waals surface area contributed by atoms with Crippen molar-refractivity contribution in [3.63, 3.8) is 0 Å². The van der Waals surface area contributed by atoms with E-state index in [1.807, 2.05) is 12.2 Å². The van der Waals surface area contributed by atoms with Gasteiger partial charge in [-0.1, -0.05) is 51.2 Å². The molecule has 0 saturated heterocycles. The van der Waals surface area contributed by atoms with Crippen LogP contribution in [-0.4, -0.2) is 49.2 Å². The Morgan fingerprint density at radius 1 is 1.00 bits per heavy atom. The van der Waals surface area contributed by atoms with Gasteiger partial charge in [-0.05, 0) is 32.9 Å². The van der Waals surface area contributed by atoms with E-state index in [9.17, 15) is 4.79 Å². The number of carbonyl (C=O) groups excluding carboxylic acids is 1. The molecule has 1 amide bonds. The van der Waals surface area contributed by atoms with E-state index < -0.39 is 0 Å². The highest BCUT2D eigenvalue weighted by molar-refractivity contribution is 5.77. The molecule has 130 valence electrons. The molecule has 0 aromatic carbocycles. The van der Waals surface area contributed by atoms with Crippen molar-refractivity contribution in [2.45, 2.75) is 64.7 Å². The molecule has 0 rings (SSSR count). The molecule has 0 spiro atoms. The summed E-state index contributed by atoms with van der Waals surface area (Å²) in [5, 5.41) is 11.6. The first-order valence-corrected chi connectivity index (χ1v) is 8.91. The van der Waals surface area contributed by atoms with Crippen molar-refractivity contribution in [3.05, 3.63) is 12.2 Å². The fraction of sp³-hybridized carbons (Fsp3) is 0.833. The van der Waals surface area contributed by atoms with Crippen LogP contribution in [0.15, 0.2) is 12.2 Å². The second-order valence-corrected chi connectivity index (χ2v) is 5.94. The average molecular weight is 312 g/mol. The summed E-state index contributed by atoms with van der Waals surface area (Å²) in [5.74, 6) is 0.112. The van der Waals surface area contributed by atoms with Gasteiger partial charge in [-0.25, -0.2) is 0 Å². The number of hydrogen-bond donors (Lipinski definition) is 2. The fourth-order valence-corrected chi connectivity index (χ4v) is 2.30. The zero-order valence-electron chi connectivity index (χ0n) is 14.6. The fourth-order valence-electron chi connectivity index (χ4n) is 2.30. The number of hydrogen-bond acceptors (Lipinski definition) is 3. The van der Waals surface area contributed by atoms with Gasteiger partial charge in [0.15, 0.2) is 0 Å². The zero-order valence-corrected chi connectivity index (χ0v) is 14.6. The highest BCUT2D eigenvalue weighted by atomic mass is 16.2. The van der Waals surface area contributed by atoms with Gasteiger partial charge in [0.05, 0.1) is 0 Å². The molecule has 0 radical (unpaired) electrons. The average Bonchev–Trinajstić information content (AvgIpc) is 2.50. The van der Waals surface area contributed by atoms with E-state index >= 15 is 0 Å². The molecule has 0 unspecified atom stereocenters. The third-order valence-corrected chi connectivity index (χ3v) is 3.72. The van der Waals surface area contributed by atoms with Crippen LogP contribution in [0.3, 0.4) is 0 Å². The van der Waals surface area contributed by atoms with E-state index in [0.717, 1.165) is 38.9 Å². The maximum atomic E-state index is 11.5. The summed E-state index contributed by atoms with van der Waals surface area (Å²) in [4.78, 5) is 13.8. The summed E-state index contributed by atoms with van der Waals surface area (Å²) in [6.07, 6.45) is 13.9. The second-order valence-electron chi connectivity index (χ2n) is 5.94. The van der Waals surface area contributed by atoms with Gasteiger partial charge in [-0.15, -0.1) is 0 Å². The highest BCUT2D eigenvalue weighted by Crippen LogP contribution is 2.07. The number of nitrogens with zero attached hydrogens (tertiary/aromatic N) is 1. The van der Waals surface area contributed by atoms with Crippen LogP contribution in [-0.2, 0) is 4.79 Å². The quantitative estimate of drug-likeness (QED) is 0.361. The molecule has 0 aliphatic carbocycles. The number of aliphatic hydroxyl groups excluding tert-OH is 1. The minimum Gasteiger partial charge on any atom is -0.396 e. The molecule has 0 aliphatic heterocycles. The van der Waals surface area contributed by atoms with Crippen LogP contribution in [0.1, 0.15) is 64.7 Å². The third kappa shape index (κ3) is 15.5. The molecule has 0 aromatic heterocycles. The standard InChI is InChI=1S/C18H36N2O2/c1-3-4-10-13-18(22)19-14-16-20(2)15-11-8-6-5-7-9-12-17-21/h4,10,21H,3,5-9,11-17H2,1-2H3,(H,19,22)/b10-4+. The van der Waals surface area contributed by atoms with Crippen molar-refractivity contribution < 1.29 is 9.90 Å². The van der Waals surface area contributed by atoms with Gasteiger partial charge in [0, 0.05) is 26.1 Å². The van der Waals surface area contributed by atoms with Gasteiger partial charge in [0.2, 0.25) is 5.91 Å². The van der Waals surface area contributed by atoms with Gasteiger partial charge in [0.1, 0.15) is 0 Å². The Kier molecular flexibility index (Phi) is 15.8. The zero-order chi connectivity index (χ0) is 16.5. The van der Waals surface area contributed by atoms with Gasteiger partial charge in [-0.3, -0.25) is 4.79 Å². The van der Waals surface area contributed by atoms with Crippen molar-refractivity contribution in [1.82, 2.24) is 10.2 Å². The summed E-state index contributed by atoms with van der Waals surface area (Å²) in [5.41, 5.74) is 0. The van der Waals surface area contributed by atoms with Crippen LogP contribution in [0.2, 0.25) is 0 Å². The Morgan fingerprint density at radius 3 is 2.27 bits per heavy atom. The number of carbonyl (C=O) groups is 1. The highest BCUT2D eigenvalue weighted by Gasteiger charge is 2.01. The van der Waals surface area contributed by atoms with Crippen LogP contribution in [0, 0.1) is 0 Å². The summed E-state index contributed by atoms with van der Waals surface area (Å²) >= 11 is 0. The van der Waals surface area contributed by atoms with Crippen LogP contribution < -0.4 is 5.32 Å². The minimum absolute atomic E-state index is 0.112. The molecular weight excluding hydrogens is 276 g/mol. The Bertz CT molecular complexity index is 280. The first-order chi connectivity index (χ1) is 10.7. The molecule has 2 N–H and O–H groups in total. The van der Waals surface area contributed by atoms with Crippen LogP contribution >= 0.6 is 0 Å². The monoisotopic (exact) mass is 312 g/mol. The topological polar surface area (TPSA) is 52.6 Å². The molecule has 0 bridgehead atoms. The number of nitrogens with one attached hydrogen (secondary N) is 1. The maximum Gasteiger partial charge on any atom is 0.223 e. The normalized spacial score (nSPS) is 11.5. The van der Waals surface area contributed by atoms with Crippen molar-refractivity contribution in [2.75, 3.05) is 33.3 Å². The largest absolute Gasteiger partial charge is 0.396 e. The Hall–Kier alpha value is -0.870. The lowest BCUT2D eigenvalue weighted by Crippen LogP contribution is -2.33. The number of aliphatic hydroxyl groups is 1. The lowest BCUT2D eigenvalue weighted by Gasteiger charge is -2.16. The van der Waals surface area contributed by atoms with E-state index in [0.29, 0.717) is 13.0 Å². The van der Waals surface area contributed by atoms with Crippen LogP contribution in [0.5, 0.6) is 0 Å². The predicted molar refractivity (Wildman–Crippen MR) is 94.0 cm³/mol. The predicted octanol–water partition coefficient (Wildman–Crippen LogP) is 3.11. The van der Waals surface area contributed by atoms with E-state index in [1.54, 1.807) is 0 Å². The number of unbranched alkanes of at least 4 members (excludes halogenated alkanes) is 6. The minimum atomic E-state index is 0.112. The Morgan fingerprint density at radius 2 is 1.64 bits per heavy atom. The third-order valence-electron chi connectivity index (χ3n) is 3.72. The number of amides is 1. The molecule has 0 saturated carbocycles. The number of likely N-dealkylation sites (N-methyl/N-ethyl adjacent to an activating group) is 1. The first kappa shape index (κ1) is 21.1. The summed E-state index contributed by atoms with van der Waals surface area (Å²) in [6, 6.07) is 0. The molecule has 4 nitrogen and oxygen atoms in total. The van der Waals surface area contributed by atoms with Crippen molar-refractivity contribution >= 4 is 5.91 Å². The molecular formula is C18H36N2O2. The van der Waals surface area contributed by atoms with E-state index in [2.05, 4.69) is 24.2 Å². The summed E-state index contributed by atoms with van der Waals surface area (Å²) in [7, 11) is 2.12. The molecule has 0 fully saturated rings. The van der Waals surface area contributed by atoms with E-state index in [-0.39, 0.29) is 5.91 Å². The lowest BCUT2D eigenvalue weighted by molar-refractivity contribution is -0.120. The van der Waals surface area contributed by atoms with E-state index in [1.165, 1.54) is 32.1 Å². The summed E-state index contributed by atoms with van der Waals surface area (Å²) < 4.78 is 0. The maximum absolute atomic E-state index is 11.5. The molecule has 4 heteroatoms. The Labute approximate surface area is 137 Å². The van der Waals surface area contributed by atoms with Gasteiger partial charge >= 0.3 is 0 Å². The smallest absolute Gasteiger partial charge is 0.223 e. The molecule has 22 heavy (non-hydrogen) atoms. The van der Waals surface area contributed by atoms with E-state index in [4.69, 9.17) is 5.11 Å². The van der Waals surface area contributed by atoms with Gasteiger partial charge < -0.3 is 15.3 Å². The molecule has 0 aliphatic rings. The number of rotatable bonds is 15.